The van der Waals surface area contributed by atoms with E-state index in [0.29, 0.717) is 5.82 Å². The van der Waals surface area contributed by atoms with Crippen LogP contribution >= 0.6 is 0 Å². The van der Waals surface area contributed by atoms with Crippen molar-refractivity contribution in [3.05, 3.63) is 5.56 Å². The molecule has 5 nitrogen and oxygen atoms in total. The fraction of sp³-hybridized carbons (Fsp3) is 0.429. The van der Waals surface area contributed by atoms with E-state index in [1.54, 1.807) is 0 Å². The van der Waals surface area contributed by atoms with E-state index in [2.05, 4.69) is 15.3 Å². The molecule has 0 saturated heterocycles. The highest BCUT2D eigenvalue weighted by atomic mass is 15.1. The van der Waals surface area contributed by atoms with Gasteiger partial charge in [0.1, 0.15) is 11.6 Å². The molecule has 5 heteroatoms. The Morgan fingerprint density at radius 3 is 2.92 bits per heavy atom. The number of nitrogens with zero attached hydrogens (tertiary/aromatic N) is 2. The quantitative estimate of drug-likeness (QED) is 0.503. The molecule has 0 amide bonds. The largest absolute Gasteiger partial charge is 0.383 e. The molecular weight excluding hydrogens is 154 g/mol. The van der Waals surface area contributed by atoms with Gasteiger partial charge in [0.05, 0.1) is 0 Å². The van der Waals surface area contributed by atoms with E-state index in [-0.39, 0.29) is 5.95 Å². The summed E-state index contributed by atoms with van der Waals surface area (Å²) in [5, 5.41) is 3.13. The van der Waals surface area contributed by atoms with Crippen LogP contribution in [-0.2, 0) is 6.42 Å². The Kier molecular flexibility index (Phi) is 1.49. The Labute approximate surface area is 70.2 Å². The minimum Gasteiger partial charge on any atom is -0.383 e. The van der Waals surface area contributed by atoms with Crippen LogP contribution in [-0.4, -0.2) is 16.5 Å². The van der Waals surface area contributed by atoms with Crippen molar-refractivity contribution < 1.29 is 0 Å². The van der Waals surface area contributed by atoms with E-state index in [1.807, 2.05) is 0 Å². The number of nitrogens with one attached hydrogen (secondary N) is 1. The smallest absolute Gasteiger partial charge is 0.223 e. The van der Waals surface area contributed by atoms with Crippen molar-refractivity contribution in [1.82, 2.24) is 9.97 Å². The van der Waals surface area contributed by atoms with E-state index in [9.17, 15) is 0 Å². The topological polar surface area (TPSA) is 89.8 Å². The number of anilines is 3. The van der Waals surface area contributed by atoms with Crippen LogP contribution in [0.15, 0.2) is 0 Å². The summed E-state index contributed by atoms with van der Waals surface area (Å²) in [6.07, 6.45) is 2.01. The predicted octanol–water partition coefficient (Wildman–Crippen LogP) is -0.000900. The van der Waals surface area contributed by atoms with E-state index in [0.717, 1.165) is 30.8 Å². The number of rotatable bonds is 0. The molecule has 0 aromatic carbocycles. The van der Waals surface area contributed by atoms with Crippen molar-refractivity contribution in [2.45, 2.75) is 12.8 Å². The van der Waals surface area contributed by atoms with E-state index in [4.69, 9.17) is 11.5 Å². The second-order valence-electron chi connectivity index (χ2n) is 2.82. The van der Waals surface area contributed by atoms with Crippen molar-refractivity contribution in [3.8, 4) is 0 Å². The lowest BCUT2D eigenvalue weighted by Gasteiger charge is -2.17. The first kappa shape index (κ1) is 7.15. The van der Waals surface area contributed by atoms with Crippen LogP contribution in [0.1, 0.15) is 12.0 Å². The lowest BCUT2D eigenvalue weighted by molar-refractivity contribution is 0.814. The zero-order valence-electron chi connectivity index (χ0n) is 6.67. The van der Waals surface area contributed by atoms with Crippen molar-refractivity contribution in [3.63, 3.8) is 0 Å². The highest BCUT2D eigenvalue weighted by Gasteiger charge is 2.14. The maximum Gasteiger partial charge on any atom is 0.223 e. The summed E-state index contributed by atoms with van der Waals surface area (Å²) in [6, 6.07) is 0. The Morgan fingerprint density at radius 2 is 2.08 bits per heavy atom. The van der Waals surface area contributed by atoms with Crippen LogP contribution in [0.3, 0.4) is 0 Å². The van der Waals surface area contributed by atoms with Gasteiger partial charge in [-0.3, -0.25) is 0 Å². The Balaban J connectivity index is 2.53. The third-order valence-electron chi connectivity index (χ3n) is 1.95. The SMILES string of the molecule is Nc1nc(N)c2c(n1)NCCC2. The fourth-order valence-corrected chi connectivity index (χ4v) is 1.38. The van der Waals surface area contributed by atoms with Crippen molar-refractivity contribution in [2.24, 2.45) is 0 Å². The van der Waals surface area contributed by atoms with Gasteiger partial charge in [-0.05, 0) is 12.8 Å². The second-order valence-corrected chi connectivity index (χ2v) is 2.82. The first-order valence-corrected chi connectivity index (χ1v) is 3.93. The van der Waals surface area contributed by atoms with Gasteiger partial charge in [0, 0.05) is 12.1 Å². The zero-order chi connectivity index (χ0) is 8.55. The maximum absolute atomic E-state index is 5.67. The van der Waals surface area contributed by atoms with E-state index >= 15 is 0 Å². The molecule has 0 atom stereocenters. The van der Waals surface area contributed by atoms with Crippen LogP contribution in [0.5, 0.6) is 0 Å². The van der Waals surface area contributed by atoms with Crippen molar-refractivity contribution in [1.29, 1.82) is 0 Å². The summed E-state index contributed by atoms with van der Waals surface area (Å²) in [5.41, 5.74) is 12.1. The molecule has 0 saturated carbocycles. The van der Waals surface area contributed by atoms with Crippen LogP contribution in [0.4, 0.5) is 17.6 Å². The molecule has 2 rings (SSSR count). The number of aromatic nitrogens is 2. The highest BCUT2D eigenvalue weighted by molar-refractivity contribution is 5.59. The van der Waals surface area contributed by atoms with E-state index < -0.39 is 0 Å². The van der Waals surface area contributed by atoms with Crippen LogP contribution in [0, 0.1) is 0 Å². The molecule has 2 heterocycles. The molecule has 5 N–H and O–H groups in total. The van der Waals surface area contributed by atoms with Gasteiger partial charge in [0.2, 0.25) is 5.95 Å². The predicted molar refractivity (Wildman–Crippen MR) is 47.7 cm³/mol. The molecule has 0 spiro atoms. The summed E-state index contributed by atoms with van der Waals surface area (Å²) in [5.74, 6) is 1.54. The number of hydrogen-bond donors (Lipinski definition) is 3. The third kappa shape index (κ3) is 1.03. The summed E-state index contributed by atoms with van der Waals surface area (Å²) in [7, 11) is 0. The number of nitrogen functional groups attached to an aromatic ring is 2. The lowest BCUT2D eigenvalue weighted by Crippen LogP contribution is -2.17. The molecule has 1 aromatic rings. The molecule has 12 heavy (non-hydrogen) atoms. The van der Waals surface area contributed by atoms with Crippen LogP contribution < -0.4 is 16.8 Å². The maximum atomic E-state index is 5.67. The zero-order valence-corrected chi connectivity index (χ0v) is 6.67. The van der Waals surface area contributed by atoms with Gasteiger partial charge in [0.25, 0.3) is 0 Å². The van der Waals surface area contributed by atoms with Gasteiger partial charge in [0.15, 0.2) is 0 Å². The number of hydrogen-bond acceptors (Lipinski definition) is 5. The molecule has 0 aliphatic carbocycles. The number of fused-ring (bicyclic) bond motifs is 1. The van der Waals surface area contributed by atoms with Gasteiger partial charge in [-0.15, -0.1) is 0 Å². The molecular formula is C7H11N5. The van der Waals surface area contributed by atoms with Gasteiger partial charge in [-0.1, -0.05) is 0 Å². The lowest BCUT2D eigenvalue weighted by atomic mass is 10.1. The Morgan fingerprint density at radius 1 is 1.25 bits per heavy atom. The first-order chi connectivity index (χ1) is 5.77. The summed E-state index contributed by atoms with van der Waals surface area (Å²) in [4.78, 5) is 7.94. The molecule has 1 aromatic heterocycles. The van der Waals surface area contributed by atoms with Crippen LogP contribution in [0.25, 0.3) is 0 Å². The molecule has 64 valence electrons. The van der Waals surface area contributed by atoms with Gasteiger partial charge in [-0.25, -0.2) is 0 Å². The summed E-state index contributed by atoms with van der Waals surface area (Å²) >= 11 is 0. The van der Waals surface area contributed by atoms with E-state index in [1.165, 1.54) is 0 Å². The monoisotopic (exact) mass is 165 g/mol. The average Bonchev–Trinajstić information content (AvgIpc) is 2.04. The Bertz CT molecular complexity index is 309. The Hall–Kier alpha value is -1.52. The van der Waals surface area contributed by atoms with Gasteiger partial charge >= 0.3 is 0 Å². The van der Waals surface area contributed by atoms with Crippen molar-refractivity contribution in [2.75, 3.05) is 23.3 Å². The molecule has 1 aliphatic rings. The van der Waals surface area contributed by atoms with Crippen molar-refractivity contribution >= 4 is 17.6 Å². The molecule has 1 aliphatic heterocycles. The van der Waals surface area contributed by atoms with Gasteiger partial charge in [-0.2, -0.15) is 9.97 Å². The minimum atomic E-state index is 0.237. The summed E-state index contributed by atoms with van der Waals surface area (Å²) in [6.45, 7) is 0.933. The third-order valence-corrected chi connectivity index (χ3v) is 1.95. The average molecular weight is 165 g/mol. The molecule has 0 fully saturated rings. The molecule has 0 radical (unpaired) electrons. The molecule has 0 unspecified atom stereocenters. The van der Waals surface area contributed by atoms with Crippen LogP contribution in [0.2, 0.25) is 0 Å². The standard InChI is InChI=1S/C7H11N5/c8-5-4-2-1-3-10-6(4)12-7(9)11-5/h1-3H2,(H5,8,9,10,11,12). The normalized spacial score (nSPS) is 15.0. The fourth-order valence-electron chi connectivity index (χ4n) is 1.38. The summed E-state index contributed by atoms with van der Waals surface area (Å²) < 4.78 is 0. The molecule has 0 bridgehead atoms. The second kappa shape index (κ2) is 2.51. The number of nitrogens with two attached hydrogens (primary N) is 2. The first-order valence-electron chi connectivity index (χ1n) is 3.93. The minimum absolute atomic E-state index is 0.237. The van der Waals surface area contributed by atoms with Gasteiger partial charge < -0.3 is 16.8 Å². The highest BCUT2D eigenvalue weighted by Crippen LogP contribution is 2.24.